The monoisotopic (exact) mass is 386 g/mol. The number of hydrogen-bond acceptors (Lipinski definition) is 3. The van der Waals surface area contributed by atoms with Gasteiger partial charge in [0.2, 0.25) is 0 Å². The number of nitrogens with zero attached hydrogens (tertiary/aromatic N) is 4. The van der Waals surface area contributed by atoms with Gasteiger partial charge in [0, 0.05) is 36.6 Å². The highest BCUT2D eigenvalue weighted by molar-refractivity contribution is 6.06. The van der Waals surface area contributed by atoms with Crippen molar-refractivity contribution in [3.05, 3.63) is 76.6 Å². The van der Waals surface area contributed by atoms with E-state index >= 15 is 0 Å². The largest absolute Gasteiger partial charge is 0.305 e. The molecule has 0 unspecified atom stereocenters. The van der Waals surface area contributed by atoms with E-state index in [0.29, 0.717) is 12.2 Å². The first-order chi connectivity index (χ1) is 14.1. The number of benzene rings is 2. The van der Waals surface area contributed by atoms with E-state index in [9.17, 15) is 4.79 Å². The number of aromatic nitrogens is 2. The van der Waals surface area contributed by atoms with Gasteiger partial charge in [0.1, 0.15) is 0 Å². The minimum atomic E-state index is 0.0261. The van der Waals surface area contributed by atoms with Gasteiger partial charge in [0.05, 0.1) is 5.69 Å². The van der Waals surface area contributed by atoms with E-state index in [0.717, 1.165) is 49.3 Å². The van der Waals surface area contributed by atoms with Crippen molar-refractivity contribution in [2.75, 3.05) is 25.0 Å². The zero-order chi connectivity index (χ0) is 20.0. The number of hydrogen-bond donors (Lipinski definition) is 0. The normalized spacial score (nSPS) is 16.4. The van der Waals surface area contributed by atoms with Crippen LogP contribution in [0.5, 0.6) is 0 Å². The maximum Gasteiger partial charge on any atom is 0.279 e. The topological polar surface area (TPSA) is 41.4 Å². The predicted octanol–water partition coefficient (Wildman–Crippen LogP) is 3.76. The summed E-state index contributed by atoms with van der Waals surface area (Å²) < 4.78 is 2.01. The SMILES string of the molecule is Cc1ccccc1-n1nc(C(=O)N2CCN(C)Cc3ccccc32)c2c1CCC2. The maximum atomic E-state index is 13.7. The second-order valence-corrected chi connectivity index (χ2v) is 8.15. The molecule has 3 aromatic rings. The fourth-order valence-corrected chi connectivity index (χ4v) is 4.62. The Labute approximate surface area is 171 Å². The predicted molar refractivity (Wildman–Crippen MR) is 115 cm³/mol. The molecule has 148 valence electrons. The van der Waals surface area contributed by atoms with Gasteiger partial charge in [-0.2, -0.15) is 5.10 Å². The number of carbonyl (C=O) groups is 1. The van der Waals surface area contributed by atoms with Gasteiger partial charge in [-0.1, -0.05) is 36.4 Å². The molecule has 1 aliphatic heterocycles. The van der Waals surface area contributed by atoms with Crippen LogP contribution >= 0.6 is 0 Å². The number of carbonyl (C=O) groups excluding carboxylic acids is 1. The van der Waals surface area contributed by atoms with Crippen molar-refractivity contribution in [2.24, 2.45) is 0 Å². The fourth-order valence-electron chi connectivity index (χ4n) is 4.62. The highest BCUT2D eigenvalue weighted by Gasteiger charge is 2.32. The van der Waals surface area contributed by atoms with Crippen LogP contribution in [-0.4, -0.2) is 40.7 Å². The lowest BCUT2D eigenvalue weighted by atomic mass is 10.1. The van der Waals surface area contributed by atoms with E-state index in [1.54, 1.807) is 0 Å². The summed E-state index contributed by atoms with van der Waals surface area (Å²) in [6, 6.07) is 16.5. The van der Waals surface area contributed by atoms with Crippen molar-refractivity contribution in [1.29, 1.82) is 0 Å². The molecular weight excluding hydrogens is 360 g/mol. The lowest BCUT2D eigenvalue weighted by molar-refractivity contribution is 0.0980. The van der Waals surface area contributed by atoms with Crippen LogP contribution in [0.4, 0.5) is 5.69 Å². The molecule has 0 N–H and O–H groups in total. The molecule has 2 aliphatic rings. The number of aryl methyl sites for hydroxylation is 1. The Morgan fingerprint density at radius 1 is 0.966 bits per heavy atom. The standard InChI is InChI=1S/C24H26N4O/c1-17-8-3-5-11-20(17)28-22-13-7-10-19(22)23(25-28)24(29)27-15-14-26(2)16-18-9-4-6-12-21(18)27/h3-6,8-9,11-12H,7,10,13-16H2,1-2H3. The molecular formula is C24H26N4O. The minimum Gasteiger partial charge on any atom is -0.305 e. The second-order valence-electron chi connectivity index (χ2n) is 8.15. The maximum absolute atomic E-state index is 13.7. The van der Waals surface area contributed by atoms with Crippen molar-refractivity contribution in [2.45, 2.75) is 32.7 Å². The third-order valence-corrected chi connectivity index (χ3v) is 6.15. The summed E-state index contributed by atoms with van der Waals surface area (Å²) >= 11 is 0. The average Bonchev–Trinajstić information content (AvgIpc) is 3.28. The average molecular weight is 386 g/mol. The molecule has 5 nitrogen and oxygen atoms in total. The van der Waals surface area contributed by atoms with E-state index in [1.165, 1.54) is 16.8 Å². The van der Waals surface area contributed by atoms with Crippen LogP contribution < -0.4 is 4.90 Å². The van der Waals surface area contributed by atoms with Crippen LogP contribution in [0.25, 0.3) is 5.69 Å². The van der Waals surface area contributed by atoms with E-state index in [1.807, 2.05) is 33.8 Å². The number of anilines is 1. The lowest BCUT2D eigenvalue weighted by Gasteiger charge is -2.22. The number of fused-ring (bicyclic) bond motifs is 2. The highest BCUT2D eigenvalue weighted by atomic mass is 16.2. The summed E-state index contributed by atoms with van der Waals surface area (Å²) in [7, 11) is 2.11. The Morgan fingerprint density at radius 3 is 2.55 bits per heavy atom. The minimum absolute atomic E-state index is 0.0261. The molecule has 0 fully saturated rings. The van der Waals surface area contributed by atoms with E-state index in [4.69, 9.17) is 5.10 Å². The van der Waals surface area contributed by atoms with Gasteiger partial charge >= 0.3 is 0 Å². The van der Waals surface area contributed by atoms with Crippen LogP contribution in [-0.2, 0) is 19.4 Å². The molecule has 0 bridgehead atoms. The number of para-hydroxylation sites is 2. The molecule has 29 heavy (non-hydrogen) atoms. The summed E-state index contributed by atoms with van der Waals surface area (Å²) in [5.41, 5.74) is 7.40. The van der Waals surface area contributed by atoms with Crippen LogP contribution in [0, 0.1) is 6.92 Å². The molecule has 2 aromatic carbocycles. The molecule has 0 atom stereocenters. The summed E-state index contributed by atoms with van der Waals surface area (Å²) in [5, 5.41) is 4.87. The van der Waals surface area contributed by atoms with Crippen molar-refractivity contribution < 1.29 is 4.79 Å². The Kier molecular flexibility index (Phi) is 4.47. The number of likely N-dealkylation sites (N-methyl/N-ethyl adjacent to an activating group) is 1. The van der Waals surface area contributed by atoms with Crippen LogP contribution in [0.15, 0.2) is 48.5 Å². The van der Waals surface area contributed by atoms with E-state index in [-0.39, 0.29) is 5.91 Å². The molecule has 2 heterocycles. The van der Waals surface area contributed by atoms with Gasteiger partial charge in [-0.15, -0.1) is 0 Å². The molecule has 0 saturated heterocycles. The van der Waals surface area contributed by atoms with Gasteiger partial charge in [-0.25, -0.2) is 4.68 Å². The third kappa shape index (κ3) is 3.06. The highest BCUT2D eigenvalue weighted by Crippen LogP contribution is 2.32. The van der Waals surface area contributed by atoms with Gasteiger partial charge in [-0.05, 0) is 56.5 Å². The molecule has 0 spiro atoms. The first-order valence-electron chi connectivity index (χ1n) is 10.4. The Balaban J connectivity index is 1.60. The summed E-state index contributed by atoms with van der Waals surface area (Å²) in [6.45, 7) is 4.48. The van der Waals surface area contributed by atoms with Crippen molar-refractivity contribution >= 4 is 11.6 Å². The van der Waals surface area contributed by atoms with Crippen molar-refractivity contribution in [3.8, 4) is 5.69 Å². The number of rotatable bonds is 2. The van der Waals surface area contributed by atoms with Crippen LogP contribution in [0.1, 0.15) is 39.3 Å². The quantitative estimate of drug-likeness (QED) is 0.673. The van der Waals surface area contributed by atoms with Crippen molar-refractivity contribution in [1.82, 2.24) is 14.7 Å². The molecule has 5 heteroatoms. The molecule has 1 amide bonds. The summed E-state index contributed by atoms with van der Waals surface area (Å²) in [5.74, 6) is 0.0261. The zero-order valence-corrected chi connectivity index (χ0v) is 17.1. The molecule has 0 saturated carbocycles. The molecule has 1 aliphatic carbocycles. The first-order valence-corrected chi connectivity index (χ1v) is 10.4. The van der Waals surface area contributed by atoms with Gasteiger partial charge in [0.25, 0.3) is 5.91 Å². The molecule has 1 aromatic heterocycles. The Hall–Kier alpha value is -2.92. The van der Waals surface area contributed by atoms with Crippen molar-refractivity contribution in [3.63, 3.8) is 0 Å². The fraction of sp³-hybridized carbons (Fsp3) is 0.333. The second kappa shape index (κ2) is 7.16. The zero-order valence-electron chi connectivity index (χ0n) is 17.1. The Morgan fingerprint density at radius 2 is 1.72 bits per heavy atom. The van der Waals surface area contributed by atoms with Gasteiger partial charge in [-0.3, -0.25) is 4.79 Å². The van der Waals surface area contributed by atoms with Crippen LogP contribution in [0.3, 0.4) is 0 Å². The first kappa shape index (κ1) is 18.1. The van der Waals surface area contributed by atoms with Gasteiger partial charge in [0.15, 0.2) is 5.69 Å². The van der Waals surface area contributed by atoms with E-state index in [2.05, 4.69) is 43.1 Å². The lowest BCUT2D eigenvalue weighted by Crippen LogP contribution is -2.36. The molecule has 0 radical (unpaired) electrons. The Bertz CT molecular complexity index is 1080. The van der Waals surface area contributed by atoms with E-state index < -0.39 is 0 Å². The third-order valence-electron chi connectivity index (χ3n) is 6.15. The summed E-state index contributed by atoms with van der Waals surface area (Å²) in [6.07, 6.45) is 2.99. The summed E-state index contributed by atoms with van der Waals surface area (Å²) in [4.78, 5) is 17.9. The molecule has 5 rings (SSSR count). The number of amides is 1. The van der Waals surface area contributed by atoms with Crippen LogP contribution in [0.2, 0.25) is 0 Å². The van der Waals surface area contributed by atoms with Gasteiger partial charge < -0.3 is 9.80 Å². The smallest absolute Gasteiger partial charge is 0.279 e.